The number of hydrogen-bond acceptors (Lipinski definition) is 4. The molecule has 1 N–H and O–H groups in total. The Hall–Kier alpha value is -1.88. The average Bonchev–Trinajstić information content (AvgIpc) is 2.72. The van der Waals surface area contributed by atoms with Gasteiger partial charge in [0.15, 0.2) is 5.78 Å². The lowest BCUT2D eigenvalue weighted by molar-refractivity contribution is 0.0983. The summed E-state index contributed by atoms with van der Waals surface area (Å²) in [4.78, 5) is 15.0. The summed E-state index contributed by atoms with van der Waals surface area (Å²) in [5.41, 5.74) is 1.90. The molecule has 1 heterocycles. The summed E-state index contributed by atoms with van der Waals surface area (Å²) in [7, 11) is 1.56. The molecule has 0 spiro atoms. The van der Waals surface area contributed by atoms with Crippen LogP contribution in [0.4, 0.5) is 0 Å². The van der Waals surface area contributed by atoms with Crippen molar-refractivity contribution in [2.75, 3.05) is 33.3 Å². The highest BCUT2D eigenvalue weighted by molar-refractivity contribution is 6.32. The van der Waals surface area contributed by atoms with Crippen LogP contribution in [0.15, 0.2) is 48.5 Å². The van der Waals surface area contributed by atoms with Gasteiger partial charge >= 0.3 is 0 Å². The maximum Gasteiger partial charge on any atom is 0.176 e. The van der Waals surface area contributed by atoms with Crippen molar-refractivity contribution in [2.45, 2.75) is 25.3 Å². The van der Waals surface area contributed by atoms with Gasteiger partial charge in [0.1, 0.15) is 5.75 Å². The lowest BCUT2D eigenvalue weighted by Crippen LogP contribution is -2.40. The summed E-state index contributed by atoms with van der Waals surface area (Å²) in [6.45, 7) is 3.27. The molecule has 0 radical (unpaired) electrons. The van der Waals surface area contributed by atoms with E-state index in [1.807, 2.05) is 6.07 Å². The second kappa shape index (κ2) is 9.88. The summed E-state index contributed by atoms with van der Waals surface area (Å²) in [6.07, 6.45) is 3.79. The Morgan fingerprint density at radius 2 is 1.89 bits per heavy atom. The van der Waals surface area contributed by atoms with Crippen molar-refractivity contribution >= 4 is 17.4 Å². The molecule has 1 fully saturated rings. The Morgan fingerprint density at radius 1 is 1.15 bits per heavy atom. The van der Waals surface area contributed by atoms with Crippen molar-refractivity contribution in [2.24, 2.45) is 0 Å². The molecule has 27 heavy (non-hydrogen) atoms. The van der Waals surface area contributed by atoms with Gasteiger partial charge in [-0.3, -0.25) is 9.69 Å². The largest absolute Gasteiger partial charge is 0.495 e. The Labute approximate surface area is 166 Å². The Kier molecular flexibility index (Phi) is 7.27. The quantitative estimate of drug-likeness (QED) is 0.685. The van der Waals surface area contributed by atoms with E-state index in [-0.39, 0.29) is 5.78 Å². The highest BCUT2D eigenvalue weighted by Gasteiger charge is 2.22. The fraction of sp³-hybridized carbons (Fsp3) is 0.409. The summed E-state index contributed by atoms with van der Waals surface area (Å²) in [6, 6.07) is 16.0. The highest BCUT2D eigenvalue weighted by Crippen LogP contribution is 2.26. The van der Waals surface area contributed by atoms with Crippen LogP contribution in [-0.4, -0.2) is 44.0 Å². The number of likely N-dealkylation sites (tertiary alicyclic amines) is 1. The first kappa shape index (κ1) is 19.9. The van der Waals surface area contributed by atoms with Gasteiger partial charge in [0.25, 0.3) is 0 Å². The van der Waals surface area contributed by atoms with Crippen molar-refractivity contribution in [3.63, 3.8) is 0 Å². The Balaban J connectivity index is 1.61. The van der Waals surface area contributed by atoms with Crippen molar-refractivity contribution in [1.82, 2.24) is 10.2 Å². The first-order valence-corrected chi connectivity index (χ1v) is 9.93. The number of halogens is 1. The number of nitrogens with one attached hydrogen (secondary N) is 1. The van der Waals surface area contributed by atoms with Gasteiger partial charge in [-0.05, 0) is 49.7 Å². The van der Waals surface area contributed by atoms with Crippen LogP contribution in [0.25, 0.3) is 0 Å². The molecule has 0 aromatic heterocycles. The predicted octanol–water partition coefficient (Wildman–Crippen LogP) is 4.35. The smallest absolute Gasteiger partial charge is 0.176 e. The number of ether oxygens (including phenoxy) is 1. The molecule has 1 aliphatic rings. The van der Waals surface area contributed by atoms with Crippen molar-refractivity contribution in [3.8, 4) is 5.75 Å². The van der Waals surface area contributed by atoms with Crippen LogP contribution in [0.1, 0.15) is 41.2 Å². The van der Waals surface area contributed by atoms with Crippen LogP contribution in [0.5, 0.6) is 5.75 Å². The van der Waals surface area contributed by atoms with Crippen LogP contribution in [0.3, 0.4) is 0 Å². The van der Waals surface area contributed by atoms with Crippen LogP contribution in [0.2, 0.25) is 5.02 Å². The fourth-order valence-electron chi connectivity index (χ4n) is 3.63. The molecule has 2 aromatic carbocycles. The number of ketones is 1. The standard InChI is InChI=1S/C22H27ClN2O2/c1-27-22-11-10-18(14-19(22)23)21(26)16-24-15-20(17-8-4-2-5-9-17)25-12-6-3-7-13-25/h2,4-5,8-11,14,20,24H,3,6-7,12-13,15-16H2,1H3. The van der Waals surface area contributed by atoms with Gasteiger partial charge in [-0.1, -0.05) is 48.4 Å². The van der Waals surface area contributed by atoms with E-state index in [2.05, 4.69) is 34.5 Å². The van der Waals surface area contributed by atoms with E-state index in [0.717, 1.165) is 19.6 Å². The third kappa shape index (κ3) is 5.32. The minimum Gasteiger partial charge on any atom is -0.495 e. The molecule has 4 nitrogen and oxygen atoms in total. The highest BCUT2D eigenvalue weighted by atomic mass is 35.5. The molecule has 3 rings (SSSR count). The fourth-order valence-corrected chi connectivity index (χ4v) is 3.88. The van der Waals surface area contributed by atoms with Crippen LogP contribution >= 0.6 is 11.6 Å². The summed E-state index contributed by atoms with van der Waals surface area (Å²) in [5.74, 6) is 0.612. The number of hydrogen-bond donors (Lipinski definition) is 1. The number of rotatable bonds is 8. The molecule has 0 aliphatic carbocycles. The van der Waals surface area contributed by atoms with E-state index >= 15 is 0 Å². The van der Waals surface area contributed by atoms with Gasteiger partial charge in [-0.25, -0.2) is 0 Å². The number of Topliss-reactive ketones (excluding diaryl/α,β-unsaturated/α-hetero) is 1. The topological polar surface area (TPSA) is 41.6 Å². The lowest BCUT2D eigenvalue weighted by atomic mass is 10.0. The average molecular weight is 387 g/mol. The molecule has 2 aromatic rings. The lowest BCUT2D eigenvalue weighted by Gasteiger charge is -2.35. The molecule has 0 saturated carbocycles. The Morgan fingerprint density at radius 3 is 2.56 bits per heavy atom. The molecule has 0 amide bonds. The first-order valence-electron chi connectivity index (χ1n) is 9.55. The van der Waals surface area contributed by atoms with Crippen LogP contribution < -0.4 is 10.1 Å². The van der Waals surface area contributed by atoms with Gasteiger partial charge in [0.2, 0.25) is 0 Å². The number of carbonyl (C=O) groups is 1. The number of benzene rings is 2. The molecular weight excluding hydrogens is 360 g/mol. The normalized spacial score (nSPS) is 16.1. The molecule has 0 bridgehead atoms. The number of carbonyl (C=O) groups excluding carboxylic acids is 1. The molecule has 5 heteroatoms. The van der Waals surface area contributed by atoms with E-state index in [4.69, 9.17) is 16.3 Å². The maximum absolute atomic E-state index is 12.5. The minimum absolute atomic E-state index is 0.0324. The van der Waals surface area contributed by atoms with E-state index in [1.165, 1.54) is 24.8 Å². The SMILES string of the molecule is COc1ccc(C(=O)CNCC(c2ccccc2)N2CCCCC2)cc1Cl. The summed E-state index contributed by atoms with van der Waals surface area (Å²) >= 11 is 6.14. The van der Waals surface area contributed by atoms with Gasteiger partial charge < -0.3 is 10.1 Å². The number of nitrogens with zero attached hydrogens (tertiary/aromatic N) is 1. The molecular formula is C22H27ClN2O2. The van der Waals surface area contributed by atoms with Crippen molar-refractivity contribution in [1.29, 1.82) is 0 Å². The second-order valence-electron chi connectivity index (χ2n) is 6.93. The molecule has 1 saturated heterocycles. The Bertz CT molecular complexity index is 745. The van der Waals surface area contributed by atoms with Crippen LogP contribution in [0, 0.1) is 0 Å². The third-order valence-electron chi connectivity index (χ3n) is 5.11. The van der Waals surface area contributed by atoms with Crippen molar-refractivity contribution < 1.29 is 9.53 Å². The third-order valence-corrected chi connectivity index (χ3v) is 5.41. The van der Waals surface area contributed by atoms with E-state index < -0.39 is 0 Å². The summed E-state index contributed by atoms with van der Waals surface area (Å²) in [5, 5.41) is 3.82. The molecule has 1 atom stereocenters. The summed E-state index contributed by atoms with van der Waals surface area (Å²) < 4.78 is 5.14. The molecule has 1 unspecified atom stereocenters. The number of methoxy groups -OCH3 is 1. The first-order chi connectivity index (χ1) is 13.2. The monoisotopic (exact) mass is 386 g/mol. The van der Waals surface area contributed by atoms with Gasteiger partial charge in [-0.15, -0.1) is 0 Å². The molecule has 144 valence electrons. The number of piperidine rings is 1. The zero-order chi connectivity index (χ0) is 19.1. The van der Waals surface area contributed by atoms with Crippen LogP contribution in [-0.2, 0) is 0 Å². The van der Waals surface area contributed by atoms with E-state index in [1.54, 1.807) is 25.3 Å². The second-order valence-corrected chi connectivity index (χ2v) is 7.33. The zero-order valence-electron chi connectivity index (χ0n) is 15.8. The van der Waals surface area contributed by atoms with E-state index in [0.29, 0.717) is 28.9 Å². The van der Waals surface area contributed by atoms with Crippen molar-refractivity contribution in [3.05, 3.63) is 64.7 Å². The predicted molar refractivity (Wildman–Crippen MR) is 110 cm³/mol. The van der Waals surface area contributed by atoms with Gasteiger partial charge in [-0.2, -0.15) is 0 Å². The minimum atomic E-state index is 0.0324. The van der Waals surface area contributed by atoms with Gasteiger partial charge in [0.05, 0.1) is 18.7 Å². The maximum atomic E-state index is 12.5. The molecule has 1 aliphatic heterocycles. The van der Waals surface area contributed by atoms with Gasteiger partial charge in [0, 0.05) is 18.2 Å². The van der Waals surface area contributed by atoms with E-state index in [9.17, 15) is 4.79 Å². The zero-order valence-corrected chi connectivity index (χ0v) is 16.5.